The van der Waals surface area contributed by atoms with Crippen molar-refractivity contribution in [3.05, 3.63) is 88.7 Å². The van der Waals surface area contributed by atoms with E-state index in [0.717, 1.165) is 18.4 Å². The molecule has 0 saturated carbocycles. The highest BCUT2D eigenvalue weighted by Gasteiger charge is 2.15. The van der Waals surface area contributed by atoms with Crippen molar-refractivity contribution < 1.29 is 26.7 Å². The minimum atomic E-state index is -1.64. The van der Waals surface area contributed by atoms with E-state index in [1.165, 1.54) is 12.1 Å². The van der Waals surface area contributed by atoms with Crippen molar-refractivity contribution in [2.45, 2.75) is 26.4 Å². The van der Waals surface area contributed by atoms with Crippen LogP contribution in [0.1, 0.15) is 24.5 Å². The van der Waals surface area contributed by atoms with Crippen molar-refractivity contribution in [2.24, 2.45) is 0 Å². The summed E-state index contributed by atoms with van der Waals surface area (Å²) in [6.45, 7) is 1.46. The molecule has 0 aliphatic rings. The fraction of sp³-hybridized carbons (Fsp3) is 0.182. The second-order valence-electron chi connectivity index (χ2n) is 6.35. The smallest absolute Gasteiger partial charge is 0.194 e. The minimum Gasteiger partial charge on any atom is -0.488 e. The lowest BCUT2D eigenvalue weighted by Crippen LogP contribution is -2.04. The summed E-state index contributed by atoms with van der Waals surface area (Å²) in [4.78, 5) is 0. The molecule has 0 spiro atoms. The molecular weight excluding hydrogens is 375 g/mol. The van der Waals surface area contributed by atoms with E-state index in [-0.39, 0.29) is 5.75 Å². The molecule has 0 heterocycles. The molecule has 0 aliphatic heterocycles. The second kappa shape index (κ2) is 8.42. The topological polar surface area (TPSA) is 9.23 Å². The van der Waals surface area contributed by atoms with Crippen LogP contribution in [-0.2, 0) is 13.0 Å². The van der Waals surface area contributed by atoms with Gasteiger partial charge in [-0.2, -0.15) is 0 Å². The Balaban J connectivity index is 1.80. The Morgan fingerprint density at radius 1 is 0.714 bits per heavy atom. The van der Waals surface area contributed by atoms with Gasteiger partial charge in [0, 0.05) is 12.1 Å². The Morgan fingerprint density at radius 2 is 1.29 bits per heavy atom. The van der Waals surface area contributed by atoms with Gasteiger partial charge in [-0.15, -0.1) is 0 Å². The third-order valence-corrected chi connectivity index (χ3v) is 4.31. The Morgan fingerprint density at radius 3 is 1.82 bits per heavy atom. The van der Waals surface area contributed by atoms with Gasteiger partial charge in [-0.1, -0.05) is 37.6 Å². The summed E-state index contributed by atoms with van der Waals surface area (Å²) < 4.78 is 73.2. The summed E-state index contributed by atoms with van der Waals surface area (Å²) in [5, 5.41) is 0. The highest BCUT2D eigenvalue weighted by molar-refractivity contribution is 5.64. The average Bonchev–Trinajstić information content (AvgIpc) is 2.66. The van der Waals surface area contributed by atoms with Gasteiger partial charge in [-0.3, -0.25) is 0 Å². The molecule has 3 aromatic carbocycles. The maximum atomic E-state index is 14.4. The van der Waals surface area contributed by atoms with Crippen molar-refractivity contribution in [1.29, 1.82) is 0 Å². The Bertz CT molecular complexity index is 937. The van der Waals surface area contributed by atoms with E-state index in [9.17, 15) is 22.0 Å². The van der Waals surface area contributed by atoms with Gasteiger partial charge < -0.3 is 4.74 Å². The zero-order valence-corrected chi connectivity index (χ0v) is 15.0. The minimum absolute atomic E-state index is 0.362. The SMILES string of the molecule is CCCc1ccc(-c2cc(F)c(COc3cc(F)c(F)c(F)c3)c(F)c2)cc1. The quantitative estimate of drug-likeness (QED) is 0.340. The van der Waals surface area contributed by atoms with Gasteiger partial charge in [0.05, 0.1) is 5.56 Å². The van der Waals surface area contributed by atoms with Crippen LogP contribution in [0.15, 0.2) is 48.5 Å². The van der Waals surface area contributed by atoms with E-state index in [1.807, 2.05) is 12.1 Å². The van der Waals surface area contributed by atoms with Gasteiger partial charge in [-0.05, 0) is 35.2 Å². The van der Waals surface area contributed by atoms with Crippen LogP contribution in [0.5, 0.6) is 5.75 Å². The van der Waals surface area contributed by atoms with Crippen LogP contribution in [0.25, 0.3) is 11.1 Å². The van der Waals surface area contributed by atoms with Gasteiger partial charge >= 0.3 is 0 Å². The molecule has 0 amide bonds. The first kappa shape index (κ1) is 19.9. The van der Waals surface area contributed by atoms with Gasteiger partial charge in [0.15, 0.2) is 17.5 Å². The normalized spacial score (nSPS) is 10.9. The fourth-order valence-corrected chi connectivity index (χ4v) is 2.83. The molecule has 0 fully saturated rings. The number of rotatable bonds is 6. The van der Waals surface area contributed by atoms with Gasteiger partial charge in [0.1, 0.15) is 24.0 Å². The highest BCUT2D eigenvalue weighted by atomic mass is 19.2. The lowest BCUT2D eigenvalue weighted by Gasteiger charge is -2.11. The lowest BCUT2D eigenvalue weighted by molar-refractivity contribution is 0.287. The summed E-state index contributed by atoms with van der Waals surface area (Å²) in [5.41, 5.74) is 1.76. The largest absolute Gasteiger partial charge is 0.488 e. The molecular formula is C22H17F5O. The predicted octanol–water partition coefficient (Wildman–Crippen LogP) is 6.58. The molecule has 0 aromatic heterocycles. The standard InChI is InChI=1S/C22H17F5O/c1-2-3-13-4-6-14(7-5-13)15-8-18(23)17(19(24)9-15)12-28-16-10-20(25)22(27)21(26)11-16/h4-11H,2-3,12H2,1H3. The van der Waals surface area contributed by atoms with Crippen molar-refractivity contribution >= 4 is 0 Å². The zero-order valence-electron chi connectivity index (χ0n) is 15.0. The molecule has 3 rings (SSSR count). The molecule has 3 aromatic rings. The van der Waals surface area contributed by atoms with Crippen LogP contribution >= 0.6 is 0 Å². The van der Waals surface area contributed by atoms with Crippen LogP contribution in [-0.4, -0.2) is 0 Å². The van der Waals surface area contributed by atoms with E-state index in [4.69, 9.17) is 4.74 Å². The molecule has 0 saturated heterocycles. The second-order valence-corrected chi connectivity index (χ2v) is 6.35. The molecule has 0 unspecified atom stereocenters. The maximum absolute atomic E-state index is 14.4. The number of aryl methyl sites for hydroxylation is 1. The maximum Gasteiger partial charge on any atom is 0.194 e. The average molecular weight is 392 g/mol. The number of hydrogen-bond donors (Lipinski definition) is 0. The summed E-state index contributed by atoms with van der Waals surface area (Å²) >= 11 is 0. The first-order valence-corrected chi connectivity index (χ1v) is 8.73. The van der Waals surface area contributed by atoms with Crippen LogP contribution in [0.4, 0.5) is 22.0 Å². The van der Waals surface area contributed by atoms with Gasteiger partial charge in [-0.25, -0.2) is 22.0 Å². The molecule has 6 heteroatoms. The van der Waals surface area contributed by atoms with Crippen LogP contribution in [0, 0.1) is 29.1 Å². The molecule has 28 heavy (non-hydrogen) atoms. The van der Waals surface area contributed by atoms with Crippen molar-refractivity contribution in [3.8, 4) is 16.9 Å². The molecule has 146 valence electrons. The fourth-order valence-electron chi connectivity index (χ4n) is 2.83. The summed E-state index contributed by atoms with van der Waals surface area (Å²) in [7, 11) is 0. The van der Waals surface area contributed by atoms with Gasteiger partial charge in [0.2, 0.25) is 0 Å². The van der Waals surface area contributed by atoms with E-state index in [2.05, 4.69) is 6.92 Å². The molecule has 0 atom stereocenters. The first-order valence-electron chi connectivity index (χ1n) is 8.73. The predicted molar refractivity (Wildman–Crippen MR) is 96.4 cm³/mol. The lowest BCUT2D eigenvalue weighted by atomic mass is 10.0. The van der Waals surface area contributed by atoms with E-state index >= 15 is 0 Å². The number of halogens is 5. The summed E-state index contributed by atoms with van der Waals surface area (Å²) in [5.74, 6) is -6.60. The van der Waals surface area contributed by atoms with Gasteiger partial charge in [0.25, 0.3) is 0 Å². The monoisotopic (exact) mass is 392 g/mol. The summed E-state index contributed by atoms with van der Waals surface area (Å²) in [6.07, 6.45) is 1.92. The van der Waals surface area contributed by atoms with Crippen molar-refractivity contribution in [1.82, 2.24) is 0 Å². The third kappa shape index (κ3) is 4.32. The van der Waals surface area contributed by atoms with E-state index in [0.29, 0.717) is 23.3 Å². The molecule has 0 N–H and O–H groups in total. The molecule has 1 nitrogen and oxygen atoms in total. The van der Waals surface area contributed by atoms with E-state index in [1.54, 1.807) is 12.1 Å². The zero-order chi connectivity index (χ0) is 20.3. The Hall–Kier alpha value is -2.89. The van der Waals surface area contributed by atoms with Crippen LogP contribution in [0.2, 0.25) is 0 Å². The van der Waals surface area contributed by atoms with Crippen molar-refractivity contribution in [2.75, 3.05) is 0 Å². The van der Waals surface area contributed by atoms with Crippen LogP contribution < -0.4 is 4.74 Å². The first-order chi connectivity index (χ1) is 13.4. The van der Waals surface area contributed by atoms with Crippen LogP contribution in [0.3, 0.4) is 0 Å². The number of benzene rings is 3. The Kier molecular flexibility index (Phi) is 5.97. The third-order valence-electron chi connectivity index (χ3n) is 4.31. The van der Waals surface area contributed by atoms with Crippen molar-refractivity contribution in [3.63, 3.8) is 0 Å². The van der Waals surface area contributed by atoms with E-state index < -0.39 is 41.3 Å². The number of ether oxygens (including phenoxy) is 1. The highest BCUT2D eigenvalue weighted by Crippen LogP contribution is 2.27. The summed E-state index contributed by atoms with van der Waals surface area (Å²) in [6, 6.07) is 11.0. The molecule has 0 bridgehead atoms. The molecule has 0 radical (unpaired) electrons. The Labute approximate surface area is 159 Å². The number of hydrogen-bond acceptors (Lipinski definition) is 1. The molecule has 0 aliphatic carbocycles.